The summed E-state index contributed by atoms with van der Waals surface area (Å²) in [7, 11) is 0. The number of amides is 3. The summed E-state index contributed by atoms with van der Waals surface area (Å²) in [5, 5.41) is 25.3. The number of nitrogens with one attached hydrogen (secondary N) is 3. The lowest BCUT2D eigenvalue weighted by molar-refractivity contribution is -0.143. The number of hydrogen-bond donors (Lipinski definition) is 8. The van der Waals surface area contributed by atoms with Gasteiger partial charge in [-0.15, -0.1) is 0 Å². The minimum Gasteiger partial charge on any atom is -0.480 e. The van der Waals surface area contributed by atoms with Gasteiger partial charge in [0.1, 0.15) is 18.1 Å². The number of carboxylic acids is 1. The van der Waals surface area contributed by atoms with Crippen LogP contribution in [0.15, 0.2) is 35.3 Å². The van der Waals surface area contributed by atoms with Crippen molar-refractivity contribution in [3.8, 4) is 0 Å². The standard InChI is InChI=1S/C21H33N7O6/c1-12(26-18(31)14(22)10-13-6-3-2-4-7-13)17(30)27-15(8-5-9-25-21(23)24)19(32)28-16(11-29)20(33)34/h2-4,6-7,12,14-16,29H,5,8-11,22H2,1H3,(H,26,31)(H,27,30)(H,28,32)(H,33,34)(H4,23,24,25). The summed E-state index contributed by atoms with van der Waals surface area (Å²) in [6.45, 7) is 0.761. The summed E-state index contributed by atoms with van der Waals surface area (Å²) in [6, 6.07) is 4.50. The first-order valence-electron chi connectivity index (χ1n) is 10.6. The number of carbonyl (C=O) groups excluding carboxylic acids is 3. The maximum Gasteiger partial charge on any atom is 0.328 e. The number of guanidine groups is 1. The molecule has 1 rings (SSSR count). The first kappa shape index (κ1) is 28.3. The molecule has 0 fully saturated rings. The van der Waals surface area contributed by atoms with Crippen LogP contribution in [0.3, 0.4) is 0 Å². The van der Waals surface area contributed by atoms with Crippen LogP contribution >= 0.6 is 0 Å². The van der Waals surface area contributed by atoms with Crippen LogP contribution in [0.2, 0.25) is 0 Å². The van der Waals surface area contributed by atoms with E-state index >= 15 is 0 Å². The highest BCUT2D eigenvalue weighted by molar-refractivity contribution is 5.93. The number of carboxylic acid groups (broad SMARTS) is 1. The number of aliphatic imine (C=N–C) groups is 1. The number of rotatable bonds is 14. The van der Waals surface area contributed by atoms with E-state index in [-0.39, 0.29) is 31.8 Å². The van der Waals surface area contributed by atoms with Gasteiger partial charge in [-0.2, -0.15) is 0 Å². The zero-order valence-electron chi connectivity index (χ0n) is 18.9. The normalized spacial score (nSPS) is 14.1. The summed E-state index contributed by atoms with van der Waals surface area (Å²) in [5.41, 5.74) is 17.3. The predicted molar refractivity (Wildman–Crippen MR) is 124 cm³/mol. The minimum absolute atomic E-state index is 0.0698. The van der Waals surface area contributed by atoms with E-state index in [2.05, 4.69) is 20.9 Å². The highest BCUT2D eigenvalue weighted by Crippen LogP contribution is 2.03. The second kappa shape index (κ2) is 14.4. The fourth-order valence-electron chi connectivity index (χ4n) is 2.87. The zero-order chi connectivity index (χ0) is 25.7. The number of aliphatic hydroxyl groups excluding tert-OH is 1. The molecule has 0 radical (unpaired) electrons. The molecule has 0 aromatic heterocycles. The van der Waals surface area contributed by atoms with E-state index in [4.69, 9.17) is 27.4 Å². The van der Waals surface area contributed by atoms with E-state index in [1.54, 1.807) is 0 Å². The summed E-state index contributed by atoms with van der Waals surface area (Å²) < 4.78 is 0. The predicted octanol–water partition coefficient (Wildman–Crippen LogP) is -2.84. The second-order valence-electron chi connectivity index (χ2n) is 7.62. The van der Waals surface area contributed by atoms with Crippen molar-refractivity contribution < 1.29 is 29.4 Å². The Kier molecular flexibility index (Phi) is 12.0. The Labute approximate surface area is 197 Å². The fraction of sp³-hybridized carbons (Fsp3) is 0.476. The molecule has 0 bridgehead atoms. The minimum atomic E-state index is -1.54. The number of hydrogen-bond acceptors (Lipinski definition) is 7. The van der Waals surface area contributed by atoms with Crippen LogP contribution in [0.5, 0.6) is 0 Å². The summed E-state index contributed by atoms with van der Waals surface area (Å²) >= 11 is 0. The third kappa shape index (κ3) is 10.3. The van der Waals surface area contributed by atoms with Gasteiger partial charge in [0.15, 0.2) is 5.96 Å². The second-order valence-corrected chi connectivity index (χ2v) is 7.62. The Balaban J connectivity index is 2.75. The SMILES string of the molecule is CC(NC(=O)C(N)Cc1ccccc1)C(=O)NC(CCCN=C(N)N)C(=O)NC(CO)C(=O)O. The van der Waals surface area contributed by atoms with E-state index in [9.17, 15) is 19.2 Å². The number of benzene rings is 1. The monoisotopic (exact) mass is 479 g/mol. The Morgan fingerprint density at radius 2 is 1.59 bits per heavy atom. The van der Waals surface area contributed by atoms with Crippen molar-refractivity contribution in [2.75, 3.05) is 13.2 Å². The van der Waals surface area contributed by atoms with Crippen molar-refractivity contribution in [3.63, 3.8) is 0 Å². The molecule has 0 heterocycles. The van der Waals surface area contributed by atoms with Gasteiger partial charge in [0, 0.05) is 6.54 Å². The summed E-state index contributed by atoms with van der Waals surface area (Å²) in [6.07, 6.45) is 0.630. The molecule has 34 heavy (non-hydrogen) atoms. The smallest absolute Gasteiger partial charge is 0.328 e. The third-order valence-corrected chi connectivity index (χ3v) is 4.76. The fourth-order valence-corrected chi connectivity index (χ4v) is 2.87. The number of nitrogens with zero attached hydrogens (tertiary/aromatic N) is 1. The summed E-state index contributed by atoms with van der Waals surface area (Å²) in [4.78, 5) is 52.5. The van der Waals surface area contributed by atoms with Gasteiger partial charge in [-0.25, -0.2) is 4.79 Å². The maximum atomic E-state index is 12.6. The number of carbonyl (C=O) groups is 4. The Morgan fingerprint density at radius 3 is 2.15 bits per heavy atom. The maximum absolute atomic E-state index is 12.6. The van der Waals surface area contributed by atoms with Crippen molar-refractivity contribution in [2.24, 2.45) is 22.2 Å². The Hall–Kier alpha value is -3.71. The molecule has 13 heteroatoms. The van der Waals surface area contributed by atoms with Crippen LogP contribution in [-0.4, -0.2) is 77.2 Å². The average Bonchev–Trinajstić information content (AvgIpc) is 2.79. The van der Waals surface area contributed by atoms with Crippen LogP contribution < -0.4 is 33.2 Å². The summed E-state index contributed by atoms with van der Waals surface area (Å²) in [5.74, 6) is -3.63. The largest absolute Gasteiger partial charge is 0.480 e. The van der Waals surface area contributed by atoms with Crippen molar-refractivity contribution in [1.29, 1.82) is 0 Å². The van der Waals surface area contributed by atoms with Gasteiger partial charge in [0.05, 0.1) is 12.6 Å². The molecule has 0 aliphatic rings. The molecule has 4 atom stereocenters. The molecule has 0 saturated heterocycles. The lowest BCUT2D eigenvalue weighted by Crippen LogP contribution is -2.56. The van der Waals surface area contributed by atoms with Gasteiger partial charge in [0.25, 0.3) is 0 Å². The Morgan fingerprint density at radius 1 is 0.971 bits per heavy atom. The molecule has 3 amide bonds. The highest BCUT2D eigenvalue weighted by Gasteiger charge is 2.28. The van der Waals surface area contributed by atoms with Crippen molar-refractivity contribution in [2.45, 2.75) is 50.4 Å². The molecule has 0 aliphatic carbocycles. The molecule has 1 aromatic carbocycles. The third-order valence-electron chi connectivity index (χ3n) is 4.76. The lowest BCUT2D eigenvalue weighted by atomic mass is 10.1. The van der Waals surface area contributed by atoms with Crippen molar-refractivity contribution in [1.82, 2.24) is 16.0 Å². The van der Waals surface area contributed by atoms with Crippen LogP contribution in [0.25, 0.3) is 0 Å². The Bertz CT molecular complexity index is 860. The lowest BCUT2D eigenvalue weighted by Gasteiger charge is -2.23. The molecule has 13 nitrogen and oxygen atoms in total. The van der Waals surface area contributed by atoms with Gasteiger partial charge in [-0.05, 0) is 31.7 Å². The molecule has 4 unspecified atom stereocenters. The van der Waals surface area contributed by atoms with Gasteiger partial charge in [0.2, 0.25) is 17.7 Å². The van der Waals surface area contributed by atoms with Gasteiger partial charge >= 0.3 is 5.97 Å². The van der Waals surface area contributed by atoms with Crippen LogP contribution in [-0.2, 0) is 25.6 Å². The first-order valence-corrected chi connectivity index (χ1v) is 10.6. The highest BCUT2D eigenvalue weighted by atomic mass is 16.4. The van der Waals surface area contributed by atoms with Crippen molar-refractivity contribution >= 4 is 29.7 Å². The molecular weight excluding hydrogens is 446 g/mol. The van der Waals surface area contributed by atoms with E-state index in [1.165, 1.54) is 6.92 Å². The van der Waals surface area contributed by atoms with E-state index in [0.717, 1.165) is 5.56 Å². The first-order chi connectivity index (χ1) is 16.0. The topological polar surface area (TPSA) is 235 Å². The number of nitrogens with two attached hydrogens (primary N) is 3. The molecule has 0 spiro atoms. The molecular formula is C21H33N7O6. The van der Waals surface area contributed by atoms with Crippen LogP contribution in [0.4, 0.5) is 0 Å². The van der Waals surface area contributed by atoms with Gasteiger partial charge in [-0.3, -0.25) is 19.4 Å². The van der Waals surface area contributed by atoms with E-state index in [0.29, 0.717) is 0 Å². The molecule has 1 aromatic rings. The van der Waals surface area contributed by atoms with E-state index < -0.39 is 54.5 Å². The van der Waals surface area contributed by atoms with Gasteiger partial charge < -0.3 is 43.4 Å². The van der Waals surface area contributed by atoms with Gasteiger partial charge in [-0.1, -0.05) is 30.3 Å². The zero-order valence-corrected chi connectivity index (χ0v) is 18.9. The van der Waals surface area contributed by atoms with Crippen molar-refractivity contribution in [3.05, 3.63) is 35.9 Å². The number of aliphatic carboxylic acids is 1. The molecule has 0 aliphatic heterocycles. The molecule has 11 N–H and O–H groups in total. The molecule has 0 saturated carbocycles. The quantitative estimate of drug-likeness (QED) is 0.0778. The average molecular weight is 480 g/mol. The number of aliphatic hydroxyl groups is 1. The molecule has 188 valence electrons. The van der Waals surface area contributed by atoms with E-state index in [1.807, 2.05) is 30.3 Å². The van der Waals surface area contributed by atoms with Crippen LogP contribution in [0.1, 0.15) is 25.3 Å². The van der Waals surface area contributed by atoms with Crippen LogP contribution in [0, 0.1) is 0 Å².